The minimum absolute atomic E-state index is 0.539. The number of ether oxygens (including phenoxy) is 1. The van der Waals surface area contributed by atoms with Crippen LogP contribution in [0.3, 0.4) is 0 Å². The quantitative estimate of drug-likeness (QED) is 0.244. The highest BCUT2D eigenvalue weighted by Crippen LogP contribution is 2.34. The highest BCUT2D eigenvalue weighted by Gasteiger charge is 2.15. The maximum atomic E-state index is 9.95. The van der Waals surface area contributed by atoms with Gasteiger partial charge in [0.1, 0.15) is 16.8 Å². The molecule has 0 radical (unpaired) electrons. The third-order valence-electron chi connectivity index (χ3n) is 4.83. The van der Waals surface area contributed by atoms with Crippen molar-refractivity contribution in [3.05, 3.63) is 102 Å². The Labute approximate surface area is 187 Å². The molecular formula is C27H22N2OS. The SMILES string of the molecule is Cc1cccc(OCCSc2nc(-c3ccccc3)cc(-c3ccccc3)c2C#N)c1. The van der Waals surface area contributed by atoms with E-state index in [9.17, 15) is 5.26 Å². The van der Waals surface area contributed by atoms with Crippen LogP contribution in [0.5, 0.6) is 5.75 Å². The Hall–Kier alpha value is -3.55. The molecule has 3 aromatic carbocycles. The molecule has 0 spiro atoms. The van der Waals surface area contributed by atoms with E-state index in [2.05, 4.69) is 6.07 Å². The Morgan fingerprint density at radius 2 is 1.58 bits per heavy atom. The van der Waals surface area contributed by atoms with Gasteiger partial charge in [0.15, 0.2) is 0 Å². The number of thioether (sulfide) groups is 1. The largest absolute Gasteiger partial charge is 0.493 e. The van der Waals surface area contributed by atoms with E-state index in [0.717, 1.165) is 33.2 Å². The lowest BCUT2D eigenvalue weighted by molar-refractivity contribution is 0.343. The molecule has 4 aromatic rings. The van der Waals surface area contributed by atoms with Crippen LogP contribution in [0.15, 0.2) is 96.0 Å². The molecule has 0 fully saturated rings. The highest BCUT2D eigenvalue weighted by molar-refractivity contribution is 7.99. The van der Waals surface area contributed by atoms with Crippen LogP contribution in [0.4, 0.5) is 0 Å². The summed E-state index contributed by atoms with van der Waals surface area (Å²) in [6.45, 7) is 2.59. The summed E-state index contributed by atoms with van der Waals surface area (Å²) in [6.07, 6.45) is 0. The van der Waals surface area contributed by atoms with Gasteiger partial charge in [-0.3, -0.25) is 0 Å². The molecule has 0 atom stereocenters. The van der Waals surface area contributed by atoms with Crippen molar-refractivity contribution in [1.29, 1.82) is 5.26 Å². The van der Waals surface area contributed by atoms with Crippen LogP contribution < -0.4 is 4.74 Å². The summed E-state index contributed by atoms with van der Waals surface area (Å²) in [4.78, 5) is 4.84. The molecular weight excluding hydrogens is 400 g/mol. The molecule has 0 N–H and O–H groups in total. The molecule has 0 unspecified atom stereocenters. The molecule has 4 heteroatoms. The van der Waals surface area contributed by atoms with Crippen molar-refractivity contribution in [3.8, 4) is 34.2 Å². The van der Waals surface area contributed by atoms with Crippen molar-refractivity contribution in [1.82, 2.24) is 4.98 Å². The van der Waals surface area contributed by atoms with Gasteiger partial charge in [0, 0.05) is 16.9 Å². The molecule has 0 aliphatic heterocycles. The zero-order valence-corrected chi connectivity index (χ0v) is 18.1. The molecule has 0 saturated carbocycles. The van der Waals surface area contributed by atoms with Gasteiger partial charge in [-0.05, 0) is 36.2 Å². The van der Waals surface area contributed by atoms with Crippen LogP contribution in [-0.4, -0.2) is 17.3 Å². The molecule has 0 aliphatic carbocycles. The average Bonchev–Trinajstić information content (AvgIpc) is 2.82. The van der Waals surface area contributed by atoms with Crippen molar-refractivity contribution in [2.45, 2.75) is 11.9 Å². The van der Waals surface area contributed by atoms with Crippen molar-refractivity contribution in [2.75, 3.05) is 12.4 Å². The fraction of sp³-hybridized carbons (Fsp3) is 0.111. The van der Waals surface area contributed by atoms with E-state index in [0.29, 0.717) is 17.9 Å². The predicted molar refractivity (Wildman–Crippen MR) is 127 cm³/mol. The highest BCUT2D eigenvalue weighted by atomic mass is 32.2. The normalized spacial score (nSPS) is 10.5. The Morgan fingerprint density at radius 3 is 2.26 bits per heavy atom. The van der Waals surface area contributed by atoms with Crippen LogP contribution in [0.2, 0.25) is 0 Å². The van der Waals surface area contributed by atoms with E-state index in [-0.39, 0.29) is 0 Å². The van der Waals surface area contributed by atoms with Crippen molar-refractivity contribution >= 4 is 11.8 Å². The van der Waals surface area contributed by atoms with Crippen LogP contribution in [0.1, 0.15) is 11.1 Å². The number of hydrogen-bond donors (Lipinski definition) is 0. The van der Waals surface area contributed by atoms with E-state index in [4.69, 9.17) is 9.72 Å². The molecule has 0 saturated heterocycles. The van der Waals surface area contributed by atoms with Crippen molar-refractivity contribution < 1.29 is 4.74 Å². The first kappa shape index (κ1) is 20.7. The number of hydrogen-bond acceptors (Lipinski definition) is 4. The second kappa shape index (κ2) is 9.97. The Balaban J connectivity index is 1.63. The molecule has 1 aromatic heterocycles. The Bertz CT molecular complexity index is 1200. The summed E-state index contributed by atoms with van der Waals surface area (Å²) in [6, 6.07) is 32.5. The smallest absolute Gasteiger partial charge is 0.119 e. The van der Waals surface area contributed by atoms with Crippen LogP contribution in [0, 0.1) is 18.3 Å². The summed E-state index contributed by atoms with van der Waals surface area (Å²) >= 11 is 1.55. The molecule has 0 bridgehead atoms. The second-order valence-corrected chi connectivity index (χ2v) is 8.18. The molecule has 0 amide bonds. The number of nitriles is 1. The molecule has 0 aliphatic rings. The molecule has 31 heavy (non-hydrogen) atoms. The van der Waals surface area contributed by atoms with Gasteiger partial charge < -0.3 is 4.74 Å². The Morgan fingerprint density at radius 1 is 0.871 bits per heavy atom. The van der Waals surface area contributed by atoms with Gasteiger partial charge >= 0.3 is 0 Å². The van der Waals surface area contributed by atoms with E-state index in [1.807, 2.05) is 97.9 Å². The monoisotopic (exact) mass is 422 g/mol. The van der Waals surface area contributed by atoms with E-state index in [1.165, 1.54) is 5.56 Å². The third kappa shape index (κ3) is 5.14. The van der Waals surface area contributed by atoms with Gasteiger partial charge in [-0.1, -0.05) is 72.8 Å². The van der Waals surface area contributed by atoms with Crippen LogP contribution in [0.25, 0.3) is 22.4 Å². The van der Waals surface area contributed by atoms with E-state index >= 15 is 0 Å². The van der Waals surface area contributed by atoms with E-state index < -0.39 is 0 Å². The van der Waals surface area contributed by atoms with E-state index in [1.54, 1.807) is 11.8 Å². The summed E-state index contributed by atoms with van der Waals surface area (Å²) < 4.78 is 5.88. The number of aromatic nitrogens is 1. The second-order valence-electron chi connectivity index (χ2n) is 7.09. The lowest BCUT2D eigenvalue weighted by Crippen LogP contribution is -2.02. The summed E-state index contributed by atoms with van der Waals surface area (Å²) in [7, 11) is 0. The summed E-state index contributed by atoms with van der Waals surface area (Å²) in [5.74, 6) is 1.55. The molecule has 3 nitrogen and oxygen atoms in total. The number of rotatable bonds is 7. The molecule has 1 heterocycles. The van der Waals surface area contributed by atoms with Gasteiger partial charge in [0.25, 0.3) is 0 Å². The average molecular weight is 423 g/mol. The summed E-state index contributed by atoms with van der Waals surface area (Å²) in [5.41, 5.74) is 5.58. The zero-order valence-electron chi connectivity index (χ0n) is 17.3. The molecule has 4 rings (SSSR count). The number of benzene rings is 3. The predicted octanol–water partition coefficient (Wildman–Crippen LogP) is 6.77. The Kier molecular flexibility index (Phi) is 6.66. The minimum Gasteiger partial charge on any atom is -0.493 e. The van der Waals surface area contributed by atoms with Gasteiger partial charge in [-0.25, -0.2) is 4.98 Å². The maximum Gasteiger partial charge on any atom is 0.119 e. The summed E-state index contributed by atoms with van der Waals surface area (Å²) in [5, 5.41) is 10.7. The maximum absolute atomic E-state index is 9.95. The topological polar surface area (TPSA) is 45.9 Å². The third-order valence-corrected chi connectivity index (χ3v) is 5.77. The zero-order chi connectivity index (χ0) is 21.5. The fourth-order valence-electron chi connectivity index (χ4n) is 3.34. The lowest BCUT2D eigenvalue weighted by atomic mass is 9.99. The first-order valence-electron chi connectivity index (χ1n) is 10.1. The number of pyridine rings is 1. The molecule has 152 valence electrons. The fourth-order valence-corrected chi connectivity index (χ4v) is 4.16. The standard InChI is InChI=1S/C27H22N2OS/c1-20-9-8-14-23(17-20)30-15-16-31-27-25(19-28)24(21-10-4-2-5-11-21)18-26(29-27)22-12-6-3-7-13-22/h2-14,17-18H,15-16H2,1H3. The van der Waals surface area contributed by atoms with Gasteiger partial charge in [0.2, 0.25) is 0 Å². The van der Waals surface area contributed by atoms with Crippen LogP contribution >= 0.6 is 11.8 Å². The first-order valence-corrected chi connectivity index (χ1v) is 11.1. The van der Waals surface area contributed by atoms with Gasteiger partial charge in [-0.2, -0.15) is 5.26 Å². The van der Waals surface area contributed by atoms with Gasteiger partial charge in [-0.15, -0.1) is 11.8 Å². The van der Waals surface area contributed by atoms with Gasteiger partial charge in [0.05, 0.1) is 17.9 Å². The minimum atomic E-state index is 0.539. The lowest BCUT2D eigenvalue weighted by Gasteiger charge is -2.13. The first-order chi connectivity index (χ1) is 15.2. The van der Waals surface area contributed by atoms with Crippen LogP contribution in [-0.2, 0) is 0 Å². The van der Waals surface area contributed by atoms with Crippen molar-refractivity contribution in [2.24, 2.45) is 0 Å². The van der Waals surface area contributed by atoms with Crippen molar-refractivity contribution in [3.63, 3.8) is 0 Å². The number of aryl methyl sites for hydroxylation is 1. The number of nitrogens with zero attached hydrogens (tertiary/aromatic N) is 2.